The average molecular weight is 278 g/mol. The highest BCUT2D eigenvalue weighted by Crippen LogP contribution is 2.32. The molecule has 0 unspecified atom stereocenters. The Labute approximate surface area is 99.7 Å². The average Bonchev–Trinajstić information content (AvgIpc) is 2.69. The van der Waals surface area contributed by atoms with E-state index in [4.69, 9.17) is 16.4 Å². The van der Waals surface area contributed by atoms with Crippen molar-refractivity contribution in [1.29, 1.82) is 5.26 Å². The second-order valence-corrected chi connectivity index (χ2v) is 5.45. The molecule has 0 saturated carbocycles. The minimum Gasteiger partial charge on any atom is -0.463 e. The largest absolute Gasteiger partial charge is 0.463 e. The van der Waals surface area contributed by atoms with Crippen molar-refractivity contribution in [2.45, 2.75) is 9.97 Å². The van der Waals surface area contributed by atoms with Gasteiger partial charge in [0.2, 0.25) is 5.88 Å². The SMILES string of the molecule is C#CCOc1nsc(S(=O)(=O)C(F)F)c1C#N. The molecule has 17 heavy (non-hydrogen) atoms. The quantitative estimate of drug-likeness (QED) is 0.768. The molecule has 90 valence electrons. The first-order valence-electron chi connectivity index (χ1n) is 3.93. The van der Waals surface area contributed by atoms with Crippen LogP contribution >= 0.6 is 11.5 Å². The Morgan fingerprint density at radius 1 is 1.59 bits per heavy atom. The van der Waals surface area contributed by atoms with Crippen molar-refractivity contribution in [2.75, 3.05) is 6.61 Å². The highest BCUT2D eigenvalue weighted by molar-refractivity contribution is 7.93. The monoisotopic (exact) mass is 278 g/mol. The van der Waals surface area contributed by atoms with Crippen molar-refractivity contribution in [3.8, 4) is 24.3 Å². The molecular weight excluding hydrogens is 274 g/mol. The smallest absolute Gasteiger partial charge is 0.342 e. The van der Waals surface area contributed by atoms with Crippen LogP contribution < -0.4 is 4.74 Å². The van der Waals surface area contributed by atoms with Crippen LogP contribution in [0.3, 0.4) is 0 Å². The van der Waals surface area contributed by atoms with E-state index in [1.807, 2.05) is 0 Å². The van der Waals surface area contributed by atoms with Gasteiger partial charge in [-0.2, -0.15) is 18.4 Å². The number of terminal acetylenes is 1. The Balaban J connectivity index is 3.27. The van der Waals surface area contributed by atoms with Gasteiger partial charge in [-0.25, -0.2) is 8.42 Å². The van der Waals surface area contributed by atoms with E-state index in [2.05, 4.69) is 10.3 Å². The number of alkyl halides is 2. The van der Waals surface area contributed by atoms with E-state index in [-0.39, 0.29) is 24.0 Å². The molecule has 1 aromatic rings. The zero-order valence-corrected chi connectivity index (χ0v) is 9.69. The van der Waals surface area contributed by atoms with Gasteiger partial charge in [0.05, 0.1) is 0 Å². The zero-order valence-electron chi connectivity index (χ0n) is 8.05. The molecule has 0 aliphatic carbocycles. The normalized spacial score (nSPS) is 10.9. The summed E-state index contributed by atoms with van der Waals surface area (Å²) in [6.07, 6.45) is 4.89. The molecule has 0 bridgehead atoms. The molecule has 1 rings (SSSR count). The van der Waals surface area contributed by atoms with Crippen molar-refractivity contribution in [3.63, 3.8) is 0 Å². The molecule has 0 fully saturated rings. The van der Waals surface area contributed by atoms with Gasteiger partial charge in [-0.1, -0.05) is 5.92 Å². The van der Waals surface area contributed by atoms with Gasteiger partial charge in [-0.3, -0.25) is 0 Å². The lowest BCUT2D eigenvalue weighted by molar-refractivity contribution is 0.235. The van der Waals surface area contributed by atoms with Crippen LogP contribution in [0.4, 0.5) is 8.78 Å². The molecule has 0 amide bonds. The first kappa shape index (κ1) is 13.4. The second kappa shape index (κ2) is 5.08. The van der Waals surface area contributed by atoms with Gasteiger partial charge in [0.15, 0.2) is 10.8 Å². The Bertz CT molecular complexity index is 595. The Morgan fingerprint density at radius 2 is 2.24 bits per heavy atom. The van der Waals surface area contributed by atoms with Gasteiger partial charge in [0.1, 0.15) is 11.6 Å². The van der Waals surface area contributed by atoms with Crippen LogP contribution in [-0.4, -0.2) is 25.2 Å². The highest BCUT2D eigenvalue weighted by atomic mass is 32.2. The second-order valence-electron chi connectivity index (χ2n) is 2.56. The number of hydrogen-bond acceptors (Lipinski definition) is 6. The fourth-order valence-corrected chi connectivity index (χ4v) is 2.70. The molecule has 9 heteroatoms. The molecule has 0 radical (unpaired) electrons. The molecule has 0 aromatic carbocycles. The van der Waals surface area contributed by atoms with Crippen molar-refractivity contribution < 1.29 is 21.9 Å². The van der Waals surface area contributed by atoms with Gasteiger partial charge in [0, 0.05) is 0 Å². The first-order valence-corrected chi connectivity index (χ1v) is 6.25. The van der Waals surface area contributed by atoms with Crippen LogP contribution in [0.1, 0.15) is 5.56 Å². The zero-order chi connectivity index (χ0) is 13.1. The van der Waals surface area contributed by atoms with Crippen molar-refractivity contribution in [2.24, 2.45) is 0 Å². The van der Waals surface area contributed by atoms with E-state index in [0.717, 1.165) is 0 Å². The number of rotatable bonds is 4. The van der Waals surface area contributed by atoms with Crippen LogP contribution in [0.2, 0.25) is 0 Å². The minimum absolute atomic E-state index is 0.243. The lowest BCUT2D eigenvalue weighted by Crippen LogP contribution is -2.11. The molecule has 0 aliphatic rings. The summed E-state index contributed by atoms with van der Waals surface area (Å²) < 4.78 is 54.3. The molecule has 0 atom stereocenters. The lowest BCUT2D eigenvalue weighted by Gasteiger charge is -1.99. The maximum absolute atomic E-state index is 12.3. The summed E-state index contributed by atoms with van der Waals surface area (Å²) in [5, 5.41) is 8.71. The molecule has 0 saturated heterocycles. The molecule has 0 N–H and O–H groups in total. The van der Waals surface area contributed by atoms with Crippen LogP contribution in [0.5, 0.6) is 5.88 Å². The fraction of sp³-hybridized carbons (Fsp3) is 0.250. The number of nitriles is 1. The third-order valence-electron chi connectivity index (χ3n) is 1.53. The summed E-state index contributed by atoms with van der Waals surface area (Å²) >= 11 is 0.252. The third-order valence-corrected chi connectivity index (χ3v) is 4.26. The third kappa shape index (κ3) is 2.52. The van der Waals surface area contributed by atoms with Crippen molar-refractivity contribution >= 4 is 21.4 Å². The van der Waals surface area contributed by atoms with Crippen LogP contribution in [0.15, 0.2) is 4.21 Å². The molecule has 5 nitrogen and oxygen atoms in total. The van der Waals surface area contributed by atoms with E-state index < -0.39 is 25.4 Å². The van der Waals surface area contributed by atoms with E-state index in [9.17, 15) is 17.2 Å². The molecule has 1 aromatic heterocycles. The predicted molar refractivity (Wildman–Crippen MR) is 54.3 cm³/mol. The Hall–Kier alpha value is -1.71. The summed E-state index contributed by atoms with van der Waals surface area (Å²) in [6, 6.07) is 1.46. The number of ether oxygens (including phenoxy) is 1. The first-order chi connectivity index (χ1) is 7.95. The molecular formula is C8H4F2N2O3S2. The van der Waals surface area contributed by atoms with E-state index in [1.54, 1.807) is 0 Å². The number of halogens is 2. The summed E-state index contributed by atoms with van der Waals surface area (Å²) in [4.78, 5) is 0. The summed E-state index contributed by atoms with van der Waals surface area (Å²) in [5.41, 5.74) is -0.550. The lowest BCUT2D eigenvalue weighted by atomic mass is 10.4. The van der Waals surface area contributed by atoms with Gasteiger partial charge in [0.25, 0.3) is 9.84 Å². The number of aromatic nitrogens is 1. The Morgan fingerprint density at radius 3 is 2.71 bits per heavy atom. The van der Waals surface area contributed by atoms with E-state index >= 15 is 0 Å². The van der Waals surface area contributed by atoms with Gasteiger partial charge < -0.3 is 4.74 Å². The van der Waals surface area contributed by atoms with Crippen LogP contribution in [0.25, 0.3) is 0 Å². The van der Waals surface area contributed by atoms with Gasteiger partial charge in [-0.15, -0.1) is 6.42 Å². The predicted octanol–water partition coefficient (Wildman–Crippen LogP) is 1.02. The summed E-state index contributed by atoms with van der Waals surface area (Å²) in [7, 11) is -4.86. The molecule has 0 aliphatic heterocycles. The number of sulfone groups is 1. The topological polar surface area (TPSA) is 80.0 Å². The number of hydrogen-bond donors (Lipinski definition) is 0. The van der Waals surface area contributed by atoms with Crippen LogP contribution in [-0.2, 0) is 9.84 Å². The molecule has 1 heterocycles. The minimum atomic E-state index is -4.86. The molecule has 0 spiro atoms. The summed E-state index contributed by atoms with van der Waals surface area (Å²) in [5.74, 6) is -1.89. The Kier molecular flexibility index (Phi) is 3.99. The van der Waals surface area contributed by atoms with Crippen molar-refractivity contribution in [3.05, 3.63) is 5.56 Å². The van der Waals surface area contributed by atoms with Crippen molar-refractivity contribution in [1.82, 2.24) is 4.37 Å². The van der Waals surface area contributed by atoms with Gasteiger partial charge >= 0.3 is 5.76 Å². The van der Waals surface area contributed by atoms with Crippen LogP contribution in [0, 0.1) is 23.7 Å². The summed E-state index contributed by atoms with van der Waals surface area (Å²) in [6.45, 7) is -0.243. The number of nitrogens with zero attached hydrogens (tertiary/aromatic N) is 2. The van der Waals surface area contributed by atoms with Gasteiger partial charge in [-0.05, 0) is 11.5 Å². The maximum atomic E-state index is 12.3. The maximum Gasteiger partial charge on any atom is 0.342 e. The van der Waals surface area contributed by atoms with E-state index in [1.165, 1.54) is 6.07 Å². The fourth-order valence-electron chi connectivity index (χ4n) is 0.839. The highest BCUT2D eigenvalue weighted by Gasteiger charge is 2.34. The standard InChI is InChI=1S/C8H4F2N2O3S2/c1-2-3-15-6-5(4-11)7(16-12-6)17(13,14)8(9)10/h1,8H,3H2. The van der Waals surface area contributed by atoms with E-state index in [0.29, 0.717) is 0 Å².